The molecule has 0 amide bonds. The van der Waals surface area contributed by atoms with Gasteiger partial charge in [0.15, 0.2) is 0 Å². The summed E-state index contributed by atoms with van der Waals surface area (Å²) in [4.78, 5) is 0. The second kappa shape index (κ2) is 4.10. The first-order valence-electron chi connectivity index (χ1n) is 6.06. The number of hydrogen-bond acceptors (Lipinski definition) is 2. The summed E-state index contributed by atoms with van der Waals surface area (Å²) in [6.45, 7) is 4.42. The van der Waals surface area contributed by atoms with Crippen LogP contribution in [-0.4, -0.2) is 17.7 Å². The normalized spacial score (nSPS) is 20.6. The number of hydrogen-bond donors (Lipinski definition) is 2. The fraction of sp³-hybridized carbons (Fsp3) is 0.571. The van der Waals surface area contributed by atoms with Crippen molar-refractivity contribution in [2.24, 2.45) is 0 Å². The molecule has 1 aliphatic carbocycles. The molecule has 88 valence electrons. The van der Waals surface area contributed by atoms with Gasteiger partial charge in [0, 0.05) is 17.0 Å². The number of benzene rings is 1. The van der Waals surface area contributed by atoms with E-state index in [1.54, 1.807) is 0 Å². The van der Waals surface area contributed by atoms with Crippen molar-refractivity contribution < 1.29 is 5.11 Å². The maximum atomic E-state index is 10.1. The van der Waals surface area contributed by atoms with E-state index in [0.717, 1.165) is 18.4 Å². The molecule has 0 heterocycles. The van der Waals surface area contributed by atoms with Crippen LogP contribution in [0.4, 0.5) is 0 Å². The van der Waals surface area contributed by atoms with Crippen LogP contribution in [0.25, 0.3) is 0 Å². The summed E-state index contributed by atoms with van der Waals surface area (Å²) in [5.74, 6) is 0.868. The maximum Gasteiger partial charge on any atom is 0.119 e. The van der Waals surface area contributed by atoms with Gasteiger partial charge in [-0.3, -0.25) is 0 Å². The minimum atomic E-state index is 0.0357. The van der Waals surface area contributed by atoms with Gasteiger partial charge in [0.2, 0.25) is 0 Å². The SMILES string of the molecule is CNC(C)(C)C1CCCc2cccc(O)c21. The van der Waals surface area contributed by atoms with Gasteiger partial charge in [-0.1, -0.05) is 12.1 Å². The summed E-state index contributed by atoms with van der Waals surface area (Å²) in [5, 5.41) is 13.4. The Hall–Kier alpha value is -1.02. The highest BCUT2D eigenvalue weighted by Gasteiger charge is 2.34. The van der Waals surface area contributed by atoms with Crippen LogP contribution >= 0.6 is 0 Å². The van der Waals surface area contributed by atoms with Crippen LogP contribution in [0.15, 0.2) is 18.2 Å². The summed E-state index contributed by atoms with van der Waals surface area (Å²) in [7, 11) is 1.99. The van der Waals surface area contributed by atoms with Gasteiger partial charge in [-0.05, 0) is 51.8 Å². The molecule has 16 heavy (non-hydrogen) atoms. The number of phenols is 1. The summed E-state index contributed by atoms with van der Waals surface area (Å²) in [6, 6.07) is 5.90. The van der Waals surface area contributed by atoms with Gasteiger partial charge in [0.1, 0.15) is 5.75 Å². The highest BCUT2D eigenvalue weighted by molar-refractivity contribution is 5.45. The Balaban J connectivity index is 2.47. The predicted molar refractivity (Wildman–Crippen MR) is 66.9 cm³/mol. The van der Waals surface area contributed by atoms with Crippen molar-refractivity contribution in [3.8, 4) is 5.75 Å². The van der Waals surface area contributed by atoms with E-state index in [0.29, 0.717) is 11.7 Å². The first-order valence-corrected chi connectivity index (χ1v) is 6.06. The van der Waals surface area contributed by atoms with Gasteiger partial charge >= 0.3 is 0 Å². The van der Waals surface area contributed by atoms with Crippen LogP contribution in [0.2, 0.25) is 0 Å². The molecule has 1 aliphatic rings. The molecule has 0 aliphatic heterocycles. The molecular weight excluding hydrogens is 198 g/mol. The number of nitrogens with one attached hydrogen (secondary N) is 1. The van der Waals surface area contributed by atoms with Crippen LogP contribution < -0.4 is 5.32 Å². The Morgan fingerprint density at radius 2 is 2.12 bits per heavy atom. The fourth-order valence-corrected chi connectivity index (χ4v) is 2.76. The van der Waals surface area contributed by atoms with Crippen molar-refractivity contribution in [1.29, 1.82) is 0 Å². The van der Waals surface area contributed by atoms with Gasteiger partial charge in [-0.15, -0.1) is 0 Å². The van der Waals surface area contributed by atoms with Crippen molar-refractivity contribution >= 4 is 0 Å². The van der Waals surface area contributed by atoms with E-state index >= 15 is 0 Å². The van der Waals surface area contributed by atoms with Crippen LogP contribution in [0, 0.1) is 0 Å². The lowest BCUT2D eigenvalue weighted by Crippen LogP contribution is -2.43. The second-order valence-electron chi connectivity index (χ2n) is 5.27. The molecule has 0 saturated carbocycles. The first kappa shape index (κ1) is 11.5. The molecule has 0 spiro atoms. The second-order valence-corrected chi connectivity index (χ2v) is 5.27. The third kappa shape index (κ3) is 1.82. The number of rotatable bonds is 2. The van der Waals surface area contributed by atoms with Crippen LogP contribution in [-0.2, 0) is 6.42 Å². The lowest BCUT2D eigenvalue weighted by molar-refractivity contribution is 0.304. The van der Waals surface area contributed by atoms with Gasteiger partial charge in [0.05, 0.1) is 0 Å². The molecular formula is C14H21NO. The summed E-state index contributed by atoms with van der Waals surface area (Å²) >= 11 is 0. The lowest BCUT2D eigenvalue weighted by Gasteiger charge is -2.38. The minimum Gasteiger partial charge on any atom is -0.508 e. The van der Waals surface area contributed by atoms with Gasteiger partial charge < -0.3 is 10.4 Å². The van der Waals surface area contributed by atoms with E-state index in [-0.39, 0.29) is 5.54 Å². The third-order valence-electron chi connectivity index (χ3n) is 3.98. The standard InChI is InChI=1S/C14H21NO/c1-14(2,15-3)11-8-4-6-10-7-5-9-12(16)13(10)11/h5,7,9,11,15-16H,4,6,8H2,1-3H3. The maximum absolute atomic E-state index is 10.1. The van der Waals surface area contributed by atoms with Crippen LogP contribution in [0.5, 0.6) is 5.75 Å². The van der Waals surface area contributed by atoms with Gasteiger partial charge in [-0.2, -0.15) is 0 Å². The van der Waals surface area contributed by atoms with Crippen molar-refractivity contribution in [3.63, 3.8) is 0 Å². The molecule has 1 aromatic carbocycles. The summed E-state index contributed by atoms with van der Waals surface area (Å²) in [5.41, 5.74) is 2.52. The van der Waals surface area contributed by atoms with Gasteiger partial charge in [-0.25, -0.2) is 0 Å². The molecule has 0 saturated heterocycles. The topological polar surface area (TPSA) is 32.3 Å². The van der Waals surface area contributed by atoms with Crippen molar-refractivity contribution in [2.45, 2.75) is 44.6 Å². The van der Waals surface area contributed by atoms with E-state index in [4.69, 9.17) is 0 Å². The molecule has 0 aromatic heterocycles. The zero-order valence-corrected chi connectivity index (χ0v) is 10.4. The molecule has 0 fully saturated rings. The quantitative estimate of drug-likeness (QED) is 0.801. The van der Waals surface area contributed by atoms with Crippen molar-refractivity contribution in [3.05, 3.63) is 29.3 Å². The smallest absolute Gasteiger partial charge is 0.119 e. The first-order chi connectivity index (χ1) is 7.56. The largest absolute Gasteiger partial charge is 0.508 e. The zero-order valence-electron chi connectivity index (χ0n) is 10.4. The summed E-state index contributed by atoms with van der Waals surface area (Å²) < 4.78 is 0. The van der Waals surface area contributed by atoms with Crippen molar-refractivity contribution in [1.82, 2.24) is 5.32 Å². The van der Waals surface area contributed by atoms with E-state index in [2.05, 4.69) is 25.2 Å². The molecule has 1 atom stereocenters. The highest BCUT2D eigenvalue weighted by Crippen LogP contribution is 2.42. The summed E-state index contributed by atoms with van der Waals surface area (Å²) in [6.07, 6.45) is 3.46. The zero-order chi connectivity index (χ0) is 11.8. The number of aromatic hydroxyl groups is 1. The fourth-order valence-electron chi connectivity index (χ4n) is 2.76. The highest BCUT2D eigenvalue weighted by atomic mass is 16.3. The van der Waals surface area contributed by atoms with E-state index in [9.17, 15) is 5.11 Å². The predicted octanol–water partition coefficient (Wildman–Crippen LogP) is 2.81. The number of likely N-dealkylation sites (N-methyl/N-ethyl adjacent to an activating group) is 1. The molecule has 0 bridgehead atoms. The van der Waals surface area contributed by atoms with Gasteiger partial charge in [0.25, 0.3) is 0 Å². The molecule has 2 heteroatoms. The molecule has 2 N–H and O–H groups in total. The number of fused-ring (bicyclic) bond motifs is 1. The monoisotopic (exact) mass is 219 g/mol. The Morgan fingerprint density at radius 3 is 2.81 bits per heavy atom. The Morgan fingerprint density at radius 1 is 1.38 bits per heavy atom. The Bertz CT molecular complexity index is 384. The molecule has 2 nitrogen and oxygen atoms in total. The van der Waals surface area contributed by atoms with E-state index < -0.39 is 0 Å². The molecule has 1 aromatic rings. The van der Waals surface area contributed by atoms with Crippen LogP contribution in [0.1, 0.15) is 43.7 Å². The van der Waals surface area contributed by atoms with E-state index in [1.807, 2.05) is 19.2 Å². The average molecular weight is 219 g/mol. The van der Waals surface area contributed by atoms with E-state index in [1.165, 1.54) is 12.0 Å². The average Bonchev–Trinajstić information content (AvgIpc) is 2.29. The van der Waals surface area contributed by atoms with Crippen LogP contribution in [0.3, 0.4) is 0 Å². The number of aryl methyl sites for hydroxylation is 1. The third-order valence-corrected chi connectivity index (χ3v) is 3.98. The Labute approximate surface area is 97.7 Å². The molecule has 0 radical (unpaired) electrons. The Kier molecular flexibility index (Phi) is 2.94. The number of phenolic OH excluding ortho intramolecular Hbond substituents is 1. The minimum absolute atomic E-state index is 0.0357. The molecule has 2 rings (SSSR count). The lowest BCUT2D eigenvalue weighted by atomic mass is 9.72. The van der Waals surface area contributed by atoms with Crippen molar-refractivity contribution in [2.75, 3.05) is 7.05 Å². The molecule has 1 unspecified atom stereocenters.